The van der Waals surface area contributed by atoms with E-state index >= 15 is 0 Å². The number of aromatic nitrogens is 2. The van der Waals surface area contributed by atoms with Gasteiger partial charge < -0.3 is 55.3 Å². The number of ether oxygens (including phenoxy) is 5. The zero-order valence-corrected chi connectivity index (χ0v) is 61.4. The van der Waals surface area contributed by atoms with Gasteiger partial charge in [0, 0.05) is 53.8 Å². The highest BCUT2D eigenvalue weighted by molar-refractivity contribution is 8.13. The molecule has 0 unspecified atom stereocenters. The molecule has 101 heavy (non-hydrogen) atoms. The minimum atomic E-state index is -3.95. The number of H-pyrrole nitrogens is 2. The molecule has 0 saturated carbocycles. The number of alkyl halides is 4. The molecule has 38 heteroatoms. The minimum Gasteiger partial charge on any atom is -0.870 e. The number of nitrogens with zero attached hydrogens (tertiary/aromatic N) is 2. The van der Waals surface area contributed by atoms with Crippen molar-refractivity contribution < 1.29 is 117 Å². The van der Waals surface area contributed by atoms with E-state index in [1.165, 1.54) is 112 Å². The van der Waals surface area contributed by atoms with Crippen LogP contribution in [0, 0.1) is 6.08 Å². The molecule has 0 amide bonds. The highest BCUT2D eigenvalue weighted by atomic mass is 35.7. The number of esters is 1. The van der Waals surface area contributed by atoms with Gasteiger partial charge in [0.15, 0.2) is 52.7 Å². The fourth-order valence-corrected chi connectivity index (χ4v) is 15.0. The number of carboxylic acids is 2. The van der Waals surface area contributed by atoms with Crippen LogP contribution >= 0.6 is 84.1 Å². The van der Waals surface area contributed by atoms with Crippen LogP contribution < -0.4 is 34.2 Å². The number of pyridine rings is 2. The number of sulfonamides is 2. The van der Waals surface area contributed by atoms with Gasteiger partial charge in [0.1, 0.15) is 56.5 Å². The lowest BCUT2D eigenvalue weighted by Gasteiger charge is -2.26. The molecule has 0 radical (unpaired) electrons. The maximum atomic E-state index is 13.5. The number of carbonyl (C=O) groups excluding carboxylic acids is 1. The van der Waals surface area contributed by atoms with Crippen molar-refractivity contribution in [2.24, 2.45) is 0 Å². The van der Waals surface area contributed by atoms with Gasteiger partial charge in [-0.1, -0.05) is 94.9 Å². The van der Waals surface area contributed by atoms with Gasteiger partial charge in [0.05, 0.1) is 42.3 Å². The quantitative estimate of drug-likeness (QED) is 0.0225. The van der Waals surface area contributed by atoms with Crippen LogP contribution in [0.25, 0.3) is 0 Å². The number of aromatic amines is 2. The number of nitrogens with one attached hydrogen (secondary N) is 3. The lowest BCUT2D eigenvalue weighted by Crippen LogP contribution is -2.41. The first kappa shape index (κ1) is 90.5. The molecular weight excluding hydrogens is 1540 g/mol. The van der Waals surface area contributed by atoms with Gasteiger partial charge in [0.2, 0.25) is 10.0 Å². The van der Waals surface area contributed by atoms with Crippen LogP contribution in [0.15, 0.2) is 161 Å². The van der Waals surface area contributed by atoms with Crippen LogP contribution in [-0.4, -0.2) is 143 Å². The molecule has 554 valence electrons. The first-order valence-electron chi connectivity index (χ1n) is 29.0. The molecule has 4 aliphatic rings. The molecule has 3 fully saturated rings. The highest BCUT2D eigenvalue weighted by Gasteiger charge is 2.43. The Hall–Kier alpha value is -6.60. The number of benzene rings is 4. The number of aliphatic carboxylic acids is 2. The molecule has 6 aromatic rings. The molecule has 0 spiro atoms. The normalized spacial score (nSPS) is 16.7. The molecule has 24 nitrogen and oxygen atoms in total. The number of carboxylic acid groups (broad SMARTS) is 2. The Balaban J connectivity index is 0.000000474. The molecule has 3 saturated heterocycles. The average molecular weight is 1620 g/mol. The summed E-state index contributed by atoms with van der Waals surface area (Å²) in [5.41, 5.74) is 1.87. The number of allylic oxidation sites excluding steroid dienone is 5. The first-order chi connectivity index (χ1) is 46.0. The maximum absolute atomic E-state index is 13.5. The number of hydrogen-bond acceptors (Lipinski definition) is 18. The summed E-state index contributed by atoms with van der Waals surface area (Å²) in [6.45, 7) is -4.76. The van der Waals surface area contributed by atoms with Gasteiger partial charge >= 0.3 is 31.1 Å². The molecular formula is C63H71Cl5F4N5O19S5+. The Morgan fingerprint density at radius 2 is 1.09 bits per heavy atom. The summed E-state index contributed by atoms with van der Waals surface area (Å²) in [6, 6.07) is 21.8. The summed E-state index contributed by atoms with van der Waals surface area (Å²) in [5.74, 6) is -2.80. The third-order valence-corrected chi connectivity index (χ3v) is 21.2. The number of aliphatic hydroxyl groups is 1. The van der Waals surface area contributed by atoms with Crippen molar-refractivity contribution in [3.63, 3.8) is 0 Å². The van der Waals surface area contributed by atoms with Gasteiger partial charge in [-0.3, -0.25) is 14.4 Å². The summed E-state index contributed by atoms with van der Waals surface area (Å²) in [7, 11) is -3.55. The van der Waals surface area contributed by atoms with Crippen LogP contribution in [0.2, 0.25) is 20.1 Å². The van der Waals surface area contributed by atoms with E-state index in [4.69, 9.17) is 81.5 Å². The van der Waals surface area contributed by atoms with Crippen LogP contribution in [0.4, 0.5) is 17.6 Å². The largest absolute Gasteiger partial charge is 0.870 e. The number of rotatable bonds is 21. The van der Waals surface area contributed by atoms with E-state index in [0.29, 0.717) is 51.6 Å². The van der Waals surface area contributed by atoms with Gasteiger partial charge in [-0.15, -0.1) is 0 Å². The van der Waals surface area contributed by atoms with E-state index in [9.17, 15) is 62.3 Å². The van der Waals surface area contributed by atoms with Crippen LogP contribution in [0.1, 0.15) is 73.0 Å². The average Bonchev–Trinajstić information content (AvgIpc) is 1.55. The van der Waals surface area contributed by atoms with Crippen molar-refractivity contribution in [2.75, 3.05) is 33.9 Å². The van der Waals surface area contributed by atoms with Crippen molar-refractivity contribution in [1.82, 2.24) is 13.9 Å². The summed E-state index contributed by atoms with van der Waals surface area (Å²) in [6.07, 6.45) is 16.4. The van der Waals surface area contributed by atoms with Crippen molar-refractivity contribution in [1.29, 1.82) is 0 Å². The second-order valence-electron chi connectivity index (χ2n) is 20.9. The molecule has 10 rings (SSSR count). The minimum absolute atomic E-state index is 0. The Labute approximate surface area is 618 Å². The van der Waals surface area contributed by atoms with Crippen LogP contribution in [0.3, 0.4) is 0 Å². The molecule has 5 atom stereocenters. The van der Waals surface area contributed by atoms with Crippen molar-refractivity contribution in [3.05, 3.63) is 199 Å². The fourth-order valence-electron chi connectivity index (χ4n) is 9.87. The van der Waals surface area contributed by atoms with Gasteiger partial charge in [-0.25, -0.2) is 35.2 Å². The number of halogens is 9. The van der Waals surface area contributed by atoms with Gasteiger partial charge in [-0.2, -0.15) is 53.2 Å². The maximum Gasteiger partial charge on any atom is 0.387 e. The van der Waals surface area contributed by atoms with E-state index in [0.717, 1.165) is 28.0 Å². The van der Waals surface area contributed by atoms with E-state index < -0.39 is 84.5 Å². The van der Waals surface area contributed by atoms with E-state index in [-0.39, 0.29) is 124 Å². The Kier molecular flexibility index (Phi) is 38.4. The SMILES string of the molecule is COc1cc([C@@H](O)Cc2c(Cl)c[nH+]cc2Cl)ccc1OC(F)F.COc1cc([C@H](Cc2c(Cl)c[nH+]cc2Cl)OC(=O)[C@@H]2CCCN2S(=O)(=O)c2ccccc2)ccc1OC(F)F.O=C(O)[C@@H]1CCCN1.O=C(O)[C@@H]1CCCN1S(=O)(=O)C1=CC=[C+]C=C1.O=S(=O)(Cl)c1ccccc1.S.S.[OH-].[OH-]. The zero-order valence-electron chi connectivity index (χ0n) is 53.1. The van der Waals surface area contributed by atoms with Gasteiger partial charge in [-0.05, 0) is 105 Å². The standard InChI is InChI=1S/C26H24Cl2F2N2O6S.C15H13Cl2F2NO3.C11H11NO4S.C6H5ClO2S.C5H9NO2.2H2O.2H2S/c1-36-24-12-16(9-10-22(24)38-26(29)30)23(13-18-19(27)14-31-15-20(18)28)37-25(33)21-8-5-11-32(21)39(34,35)17-6-3-2-4-7-17;1-22-14-4-8(2-3-13(14)23-15(18)19)12(21)5-9-10(16)6-20-7-11(9)17;13-11(14)10-7-4-8-12(10)17(15,16)9-5-2-1-3-6-9;7-10(8,9)6-4-2-1-3-5-6;7-5(8)4-2-1-3-6-4;;;;/h2-4,6-7,9-10,12,14-15,21,23,26H,5,8,11,13H2,1H3;2-4,6-7,12,15,21H,5H2,1H3;2-3,5-6,10H,4,7-8H2;1-5H;4,6H,1-3H2,(H,7,8);4*1H2/p+1/t21-,23-;12-;10-;;4-;;;;/m000.0..../s1. The summed E-state index contributed by atoms with van der Waals surface area (Å²) >= 11 is 24.8. The zero-order chi connectivity index (χ0) is 71.2. The fraction of sp³-hybridized carbons (Fsp3) is 0.317. The van der Waals surface area contributed by atoms with E-state index in [1.54, 1.807) is 48.8 Å². The van der Waals surface area contributed by atoms with Gasteiger partial charge in [0.25, 0.3) is 19.1 Å². The topological polar surface area (TPSA) is 367 Å². The Bertz CT molecular complexity index is 4090. The molecule has 1 aliphatic carbocycles. The number of aliphatic hydroxyl groups excluding tert-OH is 1. The third-order valence-electron chi connectivity index (χ3n) is 14.6. The van der Waals surface area contributed by atoms with E-state index in [2.05, 4.69) is 30.8 Å². The molecule has 0 bridgehead atoms. The number of hydrogen-bond donors (Lipinski definition) is 4. The number of methoxy groups -OCH3 is 2. The van der Waals surface area contributed by atoms with Crippen molar-refractivity contribution >= 4 is 131 Å². The Morgan fingerprint density at radius 1 is 0.624 bits per heavy atom. The first-order valence-corrected chi connectivity index (χ1v) is 35.7. The predicted molar refractivity (Wildman–Crippen MR) is 374 cm³/mol. The van der Waals surface area contributed by atoms with E-state index in [1.807, 2.05) is 0 Å². The second kappa shape index (κ2) is 42.9. The molecule has 2 aromatic heterocycles. The van der Waals surface area contributed by atoms with Crippen LogP contribution in [-0.2, 0) is 61.1 Å². The van der Waals surface area contributed by atoms with Crippen molar-refractivity contribution in [2.45, 2.75) is 105 Å². The monoisotopic (exact) mass is 1610 g/mol. The third kappa shape index (κ3) is 26.3. The lowest BCUT2D eigenvalue weighted by molar-refractivity contribution is -0.378. The van der Waals surface area contributed by atoms with Crippen molar-refractivity contribution in [3.8, 4) is 23.0 Å². The predicted octanol–water partition coefficient (Wildman–Crippen LogP) is 10.8. The summed E-state index contributed by atoms with van der Waals surface area (Å²) in [5, 5.41) is 31.9. The second-order valence-corrected chi connectivity index (χ2v) is 28.8. The molecule has 3 aliphatic heterocycles. The molecule has 4 aromatic carbocycles. The number of carbonyl (C=O) groups is 3. The summed E-state index contributed by atoms with van der Waals surface area (Å²) < 4.78 is 150. The summed E-state index contributed by atoms with van der Waals surface area (Å²) in [4.78, 5) is 40.5. The Morgan fingerprint density at radius 3 is 1.50 bits per heavy atom. The highest BCUT2D eigenvalue weighted by Crippen LogP contribution is 2.39. The lowest BCUT2D eigenvalue weighted by atomic mass is 10.0. The smallest absolute Gasteiger partial charge is 0.387 e. The molecule has 8 N–H and O–H groups in total. The molecule has 5 heterocycles. The van der Waals surface area contributed by atoms with Crippen LogP contribution in [0.5, 0.6) is 23.0 Å².